The molecule has 0 atom stereocenters. The van der Waals surface area contributed by atoms with Gasteiger partial charge in [0.1, 0.15) is 11.5 Å². The minimum atomic E-state index is 0.485. The number of fused-ring (bicyclic) bond motifs is 1. The molecule has 4 aromatic rings. The first-order chi connectivity index (χ1) is 12.6. The molecule has 0 amide bonds. The summed E-state index contributed by atoms with van der Waals surface area (Å²) in [6.45, 7) is 0. The van der Waals surface area contributed by atoms with E-state index < -0.39 is 0 Å². The molecule has 0 aliphatic heterocycles. The zero-order chi connectivity index (χ0) is 18.1. The standard InChI is InChI=1S/C19H14Cl2N4O/c1-25-17-5-3-2-4-16(17)23-19(25)24-22-11-13-7-9-18(26-13)12-6-8-14(20)15(21)10-12/h2-11H,1H3,(H,23,24)/b22-11-. The van der Waals surface area contributed by atoms with Gasteiger partial charge in [-0.3, -0.25) is 0 Å². The molecular formula is C19H14Cl2N4O. The van der Waals surface area contributed by atoms with Crippen molar-refractivity contribution in [2.24, 2.45) is 12.1 Å². The summed E-state index contributed by atoms with van der Waals surface area (Å²) in [5.74, 6) is 1.95. The Morgan fingerprint density at radius 3 is 2.73 bits per heavy atom. The third-order valence-corrected chi connectivity index (χ3v) is 4.71. The zero-order valence-electron chi connectivity index (χ0n) is 13.8. The molecule has 7 heteroatoms. The predicted molar refractivity (Wildman–Crippen MR) is 106 cm³/mol. The van der Waals surface area contributed by atoms with E-state index in [1.807, 2.05) is 54.1 Å². The molecule has 0 saturated carbocycles. The number of imidazole rings is 1. The van der Waals surface area contributed by atoms with Crippen molar-refractivity contribution in [3.8, 4) is 11.3 Å². The second kappa shape index (κ2) is 6.86. The van der Waals surface area contributed by atoms with Gasteiger partial charge in [0.2, 0.25) is 5.95 Å². The van der Waals surface area contributed by atoms with Crippen LogP contribution < -0.4 is 5.43 Å². The van der Waals surface area contributed by atoms with Crippen LogP contribution in [0.3, 0.4) is 0 Å². The van der Waals surface area contributed by atoms with Gasteiger partial charge in [-0.1, -0.05) is 35.3 Å². The summed E-state index contributed by atoms with van der Waals surface area (Å²) in [5.41, 5.74) is 5.73. The lowest BCUT2D eigenvalue weighted by atomic mass is 10.2. The Hall–Kier alpha value is -2.76. The van der Waals surface area contributed by atoms with Crippen molar-refractivity contribution in [1.82, 2.24) is 9.55 Å². The third-order valence-electron chi connectivity index (χ3n) is 3.97. The van der Waals surface area contributed by atoms with E-state index >= 15 is 0 Å². The number of nitrogens with zero attached hydrogens (tertiary/aromatic N) is 3. The van der Waals surface area contributed by atoms with Crippen LogP contribution in [0.25, 0.3) is 22.4 Å². The number of hydrazone groups is 1. The van der Waals surface area contributed by atoms with Crippen LogP contribution in [0.15, 0.2) is 64.1 Å². The van der Waals surface area contributed by atoms with Gasteiger partial charge in [0.15, 0.2) is 0 Å². The Bertz CT molecular complexity index is 1110. The number of aryl methyl sites for hydroxylation is 1. The highest BCUT2D eigenvalue weighted by Crippen LogP contribution is 2.29. The van der Waals surface area contributed by atoms with Gasteiger partial charge < -0.3 is 8.98 Å². The molecular weight excluding hydrogens is 371 g/mol. The highest BCUT2D eigenvalue weighted by atomic mass is 35.5. The molecule has 1 N–H and O–H groups in total. The fraction of sp³-hybridized carbons (Fsp3) is 0.0526. The van der Waals surface area contributed by atoms with Gasteiger partial charge in [-0.05, 0) is 42.5 Å². The molecule has 0 radical (unpaired) electrons. The molecule has 2 aromatic carbocycles. The number of para-hydroxylation sites is 2. The highest BCUT2D eigenvalue weighted by molar-refractivity contribution is 6.42. The quantitative estimate of drug-likeness (QED) is 0.368. The molecule has 0 unspecified atom stereocenters. The summed E-state index contributed by atoms with van der Waals surface area (Å²) < 4.78 is 7.71. The van der Waals surface area contributed by atoms with Crippen molar-refractivity contribution < 1.29 is 4.42 Å². The van der Waals surface area contributed by atoms with Gasteiger partial charge in [0.05, 0.1) is 27.3 Å². The monoisotopic (exact) mass is 384 g/mol. The molecule has 2 heterocycles. The number of halogens is 2. The maximum Gasteiger partial charge on any atom is 0.224 e. The predicted octanol–water partition coefficient (Wildman–Crippen LogP) is 5.59. The Morgan fingerprint density at radius 1 is 1.08 bits per heavy atom. The fourth-order valence-electron chi connectivity index (χ4n) is 2.63. The van der Waals surface area contributed by atoms with Crippen LogP contribution in [0.5, 0.6) is 0 Å². The van der Waals surface area contributed by atoms with Gasteiger partial charge in [0.25, 0.3) is 0 Å². The molecule has 0 bridgehead atoms. The first kappa shape index (κ1) is 16.7. The molecule has 2 aromatic heterocycles. The van der Waals surface area contributed by atoms with E-state index in [0.29, 0.717) is 27.5 Å². The molecule has 26 heavy (non-hydrogen) atoms. The van der Waals surface area contributed by atoms with Gasteiger partial charge >= 0.3 is 0 Å². The van der Waals surface area contributed by atoms with Crippen LogP contribution in [0.1, 0.15) is 5.76 Å². The van der Waals surface area contributed by atoms with Gasteiger partial charge in [-0.2, -0.15) is 5.10 Å². The number of benzene rings is 2. The summed E-state index contributed by atoms with van der Waals surface area (Å²) >= 11 is 12.0. The summed E-state index contributed by atoms with van der Waals surface area (Å²) in [6.07, 6.45) is 1.60. The maximum atomic E-state index is 6.05. The van der Waals surface area contributed by atoms with Crippen LogP contribution in [-0.2, 0) is 7.05 Å². The molecule has 130 valence electrons. The van der Waals surface area contributed by atoms with E-state index in [1.54, 1.807) is 18.3 Å². The summed E-state index contributed by atoms with van der Waals surface area (Å²) in [7, 11) is 1.93. The topological polar surface area (TPSA) is 55.4 Å². The lowest BCUT2D eigenvalue weighted by molar-refractivity contribution is 0.575. The van der Waals surface area contributed by atoms with Crippen molar-refractivity contribution in [1.29, 1.82) is 0 Å². The zero-order valence-corrected chi connectivity index (χ0v) is 15.3. The minimum Gasteiger partial charge on any atom is -0.455 e. The molecule has 5 nitrogen and oxygen atoms in total. The molecule has 0 saturated heterocycles. The van der Waals surface area contributed by atoms with Crippen molar-refractivity contribution >= 4 is 46.4 Å². The van der Waals surface area contributed by atoms with Crippen molar-refractivity contribution in [2.45, 2.75) is 0 Å². The lowest BCUT2D eigenvalue weighted by Gasteiger charge is -2.00. The molecule has 0 aliphatic rings. The SMILES string of the molecule is Cn1c(N/N=C\c2ccc(-c3ccc(Cl)c(Cl)c3)o2)nc2ccccc21. The van der Waals surface area contributed by atoms with Crippen LogP contribution in [-0.4, -0.2) is 15.8 Å². The number of nitrogens with one attached hydrogen (secondary N) is 1. The van der Waals surface area contributed by atoms with E-state index in [1.165, 1.54) is 0 Å². The fourth-order valence-corrected chi connectivity index (χ4v) is 2.92. The van der Waals surface area contributed by atoms with Crippen molar-refractivity contribution in [3.05, 3.63) is 70.4 Å². The summed E-state index contributed by atoms with van der Waals surface area (Å²) in [6, 6.07) is 16.9. The van der Waals surface area contributed by atoms with E-state index in [2.05, 4.69) is 15.5 Å². The molecule has 4 rings (SSSR count). The van der Waals surface area contributed by atoms with Crippen molar-refractivity contribution in [2.75, 3.05) is 5.43 Å². The van der Waals surface area contributed by atoms with E-state index in [9.17, 15) is 0 Å². The molecule has 0 fully saturated rings. The molecule has 0 spiro atoms. The summed E-state index contributed by atoms with van der Waals surface area (Å²) in [5, 5.41) is 5.20. The molecule has 0 aliphatic carbocycles. The van der Waals surface area contributed by atoms with Crippen LogP contribution in [0.2, 0.25) is 10.0 Å². The number of hydrogen-bond donors (Lipinski definition) is 1. The third kappa shape index (κ3) is 3.19. The van der Waals surface area contributed by atoms with Gasteiger partial charge in [0, 0.05) is 12.6 Å². The first-order valence-corrected chi connectivity index (χ1v) is 8.63. The van der Waals surface area contributed by atoms with E-state index in [4.69, 9.17) is 27.6 Å². The number of hydrogen-bond acceptors (Lipinski definition) is 4. The summed E-state index contributed by atoms with van der Waals surface area (Å²) in [4.78, 5) is 4.49. The van der Waals surface area contributed by atoms with Crippen LogP contribution >= 0.6 is 23.2 Å². The Balaban J connectivity index is 1.51. The number of furan rings is 1. The van der Waals surface area contributed by atoms with Gasteiger partial charge in [-0.15, -0.1) is 0 Å². The minimum absolute atomic E-state index is 0.485. The second-order valence-electron chi connectivity index (χ2n) is 5.68. The average Bonchev–Trinajstić information content (AvgIpc) is 3.23. The normalized spacial score (nSPS) is 11.5. The lowest BCUT2D eigenvalue weighted by Crippen LogP contribution is -1.98. The number of aromatic nitrogens is 2. The van der Waals surface area contributed by atoms with Crippen LogP contribution in [0.4, 0.5) is 5.95 Å². The van der Waals surface area contributed by atoms with Crippen molar-refractivity contribution in [3.63, 3.8) is 0 Å². The Labute approximate surface area is 159 Å². The van der Waals surface area contributed by atoms with Crippen LogP contribution in [0, 0.1) is 0 Å². The van der Waals surface area contributed by atoms with Gasteiger partial charge in [-0.25, -0.2) is 10.4 Å². The maximum absolute atomic E-state index is 6.05. The highest BCUT2D eigenvalue weighted by Gasteiger charge is 2.07. The Morgan fingerprint density at radius 2 is 1.92 bits per heavy atom. The second-order valence-corrected chi connectivity index (χ2v) is 6.50. The van der Waals surface area contributed by atoms with E-state index in [0.717, 1.165) is 16.6 Å². The Kier molecular flexibility index (Phi) is 4.41. The number of rotatable bonds is 4. The average molecular weight is 385 g/mol. The van der Waals surface area contributed by atoms with E-state index in [-0.39, 0.29) is 0 Å². The largest absolute Gasteiger partial charge is 0.455 e. The smallest absolute Gasteiger partial charge is 0.224 e. The first-order valence-electron chi connectivity index (χ1n) is 7.87. The number of anilines is 1.